The number of benzene rings is 2. The van der Waals surface area contributed by atoms with Gasteiger partial charge in [0.25, 0.3) is 11.7 Å². The molecule has 0 unspecified atom stereocenters. The summed E-state index contributed by atoms with van der Waals surface area (Å²) in [6, 6.07) is 12.5. The minimum atomic E-state index is -0.648. The van der Waals surface area contributed by atoms with Gasteiger partial charge >= 0.3 is 0 Å². The van der Waals surface area contributed by atoms with Crippen molar-refractivity contribution >= 4 is 17.4 Å². The standard InChI is InChI=1S/C27H34N2O4/c1-17(2)33-21-12-13-22(19(4)16-21)25(30)23-24(20-10-8-18(3)9-11-20)29(27(32)26(23)31)15-7-14-28(5)6/h8-13,16-17,24,30H,7,14-15H2,1-6H3/t24-/m0/s1. The summed E-state index contributed by atoms with van der Waals surface area (Å²) in [5.41, 5.74) is 3.32. The Morgan fingerprint density at radius 3 is 2.33 bits per heavy atom. The van der Waals surface area contributed by atoms with Crippen molar-refractivity contribution in [2.75, 3.05) is 27.2 Å². The van der Waals surface area contributed by atoms with Crippen LogP contribution in [0.25, 0.3) is 5.76 Å². The van der Waals surface area contributed by atoms with Crippen LogP contribution in [-0.4, -0.2) is 59.9 Å². The van der Waals surface area contributed by atoms with E-state index in [-0.39, 0.29) is 17.4 Å². The van der Waals surface area contributed by atoms with Gasteiger partial charge in [0.15, 0.2) is 0 Å². The Kier molecular flexibility index (Phi) is 7.59. The lowest BCUT2D eigenvalue weighted by Gasteiger charge is -2.26. The van der Waals surface area contributed by atoms with Gasteiger partial charge in [-0.2, -0.15) is 0 Å². The molecule has 3 rings (SSSR count). The topological polar surface area (TPSA) is 70.1 Å². The van der Waals surface area contributed by atoms with Crippen LogP contribution in [0.1, 0.15) is 48.6 Å². The second-order valence-corrected chi connectivity index (χ2v) is 9.20. The Labute approximate surface area is 196 Å². The van der Waals surface area contributed by atoms with Crippen LogP contribution >= 0.6 is 0 Å². The van der Waals surface area contributed by atoms with E-state index in [0.29, 0.717) is 17.9 Å². The maximum absolute atomic E-state index is 13.2. The first kappa shape index (κ1) is 24.5. The lowest BCUT2D eigenvalue weighted by atomic mass is 9.93. The number of likely N-dealkylation sites (tertiary alicyclic amines) is 1. The molecule has 0 radical (unpaired) electrons. The van der Waals surface area contributed by atoms with Gasteiger partial charge in [0.05, 0.1) is 17.7 Å². The summed E-state index contributed by atoms with van der Waals surface area (Å²) >= 11 is 0. The predicted octanol–water partition coefficient (Wildman–Crippen LogP) is 4.46. The average molecular weight is 451 g/mol. The molecule has 176 valence electrons. The highest BCUT2D eigenvalue weighted by Gasteiger charge is 2.45. The zero-order valence-corrected chi connectivity index (χ0v) is 20.4. The van der Waals surface area contributed by atoms with Crippen molar-refractivity contribution in [1.82, 2.24) is 9.80 Å². The Morgan fingerprint density at radius 2 is 1.76 bits per heavy atom. The van der Waals surface area contributed by atoms with E-state index in [0.717, 1.165) is 29.7 Å². The normalized spacial score (nSPS) is 17.9. The summed E-state index contributed by atoms with van der Waals surface area (Å²) in [5, 5.41) is 11.3. The van der Waals surface area contributed by atoms with Crippen LogP contribution in [0, 0.1) is 13.8 Å². The summed E-state index contributed by atoms with van der Waals surface area (Å²) in [7, 11) is 3.95. The number of Topliss-reactive ketones (excluding diaryl/α,β-unsaturated/α-hetero) is 1. The minimum Gasteiger partial charge on any atom is -0.507 e. The number of aryl methyl sites for hydroxylation is 2. The van der Waals surface area contributed by atoms with Gasteiger partial charge in [0.2, 0.25) is 0 Å². The van der Waals surface area contributed by atoms with E-state index in [9.17, 15) is 14.7 Å². The quantitative estimate of drug-likeness (QED) is 0.365. The lowest BCUT2D eigenvalue weighted by molar-refractivity contribution is -0.139. The monoisotopic (exact) mass is 450 g/mol. The number of hydrogen-bond acceptors (Lipinski definition) is 5. The third kappa shape index (κ3) is 5.45. The number of ether oxygens (including phenoxy) is 1. The van der Waals surface area contributed by atoms with E-state index in [1.165, 1.54) is 0 Å². The van der Waals surface area contributed by atoms with Gasteiger partial charge < -0.3 is 19.6 Å². The SMILES string of the molecule is Cc1ccc([C@H]2C(=C(O)c3ccc(OC(C)C)cc3C)C(=O)C(=O)N2CCCN(C)C)cc1. The molecule has 33 heavy (non-hydrogen) atoms. The summed E-state index contributed by atoms with van der Waals surface area (Å²) < 4.78 is 5.74. The van der Waals surface area contributed by atoms with Crippen molar-refractivity contribution in [2.45, 2.75) is 46.3 Å². The van der Waals surface area contributed by atoms with Crippen LogP contribution in [0.2, 0.25) is 0 Å². The Bertz CT molecular complexity index is 1050. The van der Waals surface area contributed by atoms with E-state index in [2.05, 4.69) is 0 Å². The van der Waals surface area contributed by atoms with Gasteiger partial charge in [-0.15, -0.1) is 0 Å². The smallest absolute Gasteiger partial charge is 0.295 e. The number of amides is 1. The molecule has 2 aromatic rings. The van der Waals surface area contributed by atoms with Gasteiger partial charge in [0.1, 0.15) is 11.5 Å². The van der Waals surface area contributed by atoms with Gasteiger partial charge in [-0.05, 0) is 84.1 Å². The maximum Gasteiger partial charge on any atom is 0.295 e. The Hall–Kier alpha value is -3.12. The van der Waals surface area contributed by atoms with Gasteiger partial charge in [-0.25, -0.2) is 0 Å². The molecule has 0 saturated carbocycles. The fourth-order valence-corrected chi connectivity index (χ4v) is 4.16. The second-order valence-electron chi connectivity index (χ2n) is 9.20. The van der Waals surface area contributed by atoms with Crippen LogP contribution in [0.15, 0.2) is 48.0 Å². The number of rotatable bonds is 8. The molecule has 1 aliphatic heterocycles. The third-order valence-electron chi connectivity index (χ3n) is 5.76. The molecule has 0 aliphatic carbocycles. The Morgan fingerprint density at radius 1 is 1.09 bits per heavy atom. The molecule has 1 atom stereocenters. The molecule has 6 heteroatoms. The largest absolute Gasteiger partial charge is 0.507 e. The number of aliphatic hydroxyl groups excluding tert-OH is 1. The molecule has 1 fully saturated rings. The van der Waals surface area contributed by atoms with Gasteiger partial charge in [0, 0.05) is 12.1 Å². The van der Waals surface area contributed by atoms with Crippen molar-refractivity contribution in [2.24, 2.45) is 0 Å². The van der Waals surface area contributed by atoms with E-state index in [1.54, 1.807) is 17.0 Å². The van der Waals surface area contributed by atoms with Crippen LogP contribution in [0.5, 0.6) is 5.75 Å². The number of hydrogen-bond donors (Lipinski definition) is 1. The fourth-order valence-electron chi connectivity index (χ4n) is 4.16. The first-order valence-electron chi connectivity index (χ1n) is 11.4. The second kappa shape index (κ2) is 10.2. The molecule has 1 amide bonds. The first-order chi connectivity index (χ1) is 15.6. The van der Waals surface area contributed by atoms with Crippen molar-refractivity contribution in [3.63, 3.8) is 0 Å². The van der Waals surface area contributed by atoms with Gasteiger partial charge in [-0.1, -0.05) is 29.8 Å². The zero-order valence-electron chi connectivity index (χ0n) is 20.4. The number of ketones is 1. The Balaban J connectivity index is 2.08. The molecule has 0 spiro atoms. The average Bonchev–Trinajstić information content (AvgIpc) is 2.98. The highest BCUT2D eigenvalue weighted by molar-refractivity contribution is 6.46. The van der Waals surface area contributed by atoms with E-state index >= 15 is 0 Å². The molecule has 2 aromatic carbocycles. The highest BCUT2D eigenvalue weighted by atomic mass is 16.5. The molecule has 6 nitrogen and oxygen atoms in total. The van der Waals surface area contributed by atoms with E-state index in [1.807, 2.05) is 77.0 Å². The fraction of sp³-hybridized carbons (Fsp3) is 0.407. The summed E-state index contributed by atoms with van der Waals surface area (Å²) in [5.74, 6) is -0.677. The molecule has 1 saturated heterocycles. The number of carbonyl (C=O) groups excluding carboxylic acids is 2. The van der Waals surface area contributed by atoms with Gasteiger partial charge in [-0.3, -0.25) is 9.59 Å². The lowest BCUT2D eigenvalue weighted by Crippen LogP contribution is -2.32. The zero-order chi connectivity index (χ0) is 24.3. The number of carbonyl (C=O) groups is 2. The minimum absolute atomic E-state index is 0.0258. The van der Waals surface area contributed by atoms with Crippen LogP contribution in [-0.2, 0) is 9.59 Å². The third-order valence-corrected chi connectivity index (χ3v) is 5.76. The van der Waals surface area contributed by atoms with Crippen LogP contribution in [0.4, 0.5) is 0 Å². The molecule has 0 aromatic heterocycles. The molecular formula is C27H34N2O4. The van der Waals surface area contributed by atoms with Crippen LogP contribution in [0.3, 0.4) is 0 Å². The number of aliphatic hydroxyl groups is 1. The molecule has 1 N–H and O–H groups in total. The van der Waals surface area contributed by atoms with E-state index < -0.39 is 17.7 Å². The van der Waals surface area contributed by atoms with Crippen molar-refractivity contribution < 1.29 is 19.4 Å². The van der Waals surface area contributed by atoms with Crippen molar-refractivity contribution in [3.8, 4) is 5.75 Å². The highest BCUT2D eigenvalue weighted by Crippen LogP contribution is 2.40. The van der Waals surface area contributed by atoms with E-state index in [4.69, 9.17) is 4.74 Å². The molecular weight excluding hydrogens is 416 g/mol. The van der Waals surface area contributed by atoms with Crippen molar-refractivity contribution in [3.05, 3.63) is 70.3 Å². The number of nitrogens with zero attached hydrogens (tertiary/aromatic N) is 2. The predicted molar refractivity (Wildman–Crippen MR) is 130 cm³/mol. The molecule has 1 heterocycles. The maximum atomic E-state index is 13.2. The van der Waals surface area contributed by atoms with Crippen LogP contribution < -0.4 is 4.74 Å². The first-order valence-corrected chi connectivity index (χ1v) is 11.4. The summed E-state index contributed by atoms with van der Waals surface area (Å²) in [6.45, 7) is 8.96. The van der Waals surface area contributed by atoms with Crippen molar-refractivity contribution in [1.29, 1.82) is 0 Å². The summed E-state index contributed by atoms with van der Waals surface area (Å²) in [6.07, 6.45) is 0.751. The summed E-state index contributed by atoms with van der Waals surface area (Å²) in [4.78, 5) is 29.8. The molecule has 1 aliphatic rings. The molecule has 0 bridgehead atoms.